The second-order valence-corrected chi connectivity index (χ2v) is 6.10. The van der Waals surface area contributed by atoms with Crippen molar-refractivity contribution in [2.24, 2.45) is 11.0 Å². The lowest BCUT2D eigenvalue weighted by Gasteiger charge is -2.23. The zero-order chi connectivity index (χ0) is 16.8. The first-order valence-corrected chi connectivity index (χ1v) is 8.48. The van der Waals surface area contributed by atoms with E-state index in [1.807, 2.05) is 18.2 Å². The number of amides is 1. The third-order valence-electron chi connectivity index (χ3n) is 4.19. The van der Waals surface area contributed by atoms with Gasteiger partial charge in [0.1, 0.15) is 0 Å². The number of carbonyl (C=O) groups is 1. The molecule has 0 saturated heterocycles. The molecule has 0 aliphatic heterocycles. The van der Waals surface area contributed by atoms with Gasteiger partial charge in [0, 0.05) is 24.7 Å². The Balaban J connectivity index is 1.59. The Hall–Kier alpha value is -2.62. The number of carbonyl (C=O) groups excluding carboxylic acids is 1. The number of hydrogen-bond donors (Lipinski definition) is 1. The Bertz CT molecular complexity index is 691. The quantitative estimate of drug-likeness (QED) is 0.626. The molecule has 0 radical (unpaired) electrons. The van der Waals surface area contributed by atoms with Crippen LogP contribution in [0.25, 0.3) is 0 Å². The van der Waals surface area contributed by atoms with Crippen LogP contribution >= 0.6 is 0 Å². The maximum Gasteiger partial charge on any atom is 0.243 e. The second-order valence-electron chi connectivity index (χ2n) is 6.10. The summed E-state index contributed by atoms with van der Waals surface area (Å²) in [6.07, 6.45) is 3.67. The first kappa shape index (κ1) is 16.2. The highest BCUT2D eigenvalue weighted by Crippen LogP contribution is 2.28. The minimum absolute atomic E-state index is 0.0305. The van der Waals surface area contributed by atoms with E-state index in [1.165, 1.54) is 11.3 Å². The molecule has 0 bridgehead atoms. The van der Waals surface area contributed by atoms with Gasteiger partial charge in [-0.1, -0.05) is 42.5 Å². The van der Waals surface area contributed by atoms with Gasteiger partial charge in [-0.15, -0.1) is 0 Å². The van der Waals surface area contributed by atoms with Crippen molar-refractivity contribution in [1.29, 1.82) is 0 Å². The molecule has 1 N–H and O–H groups in total. The van der Waals surface area contributed by atoms with Crippen LogP contribution in [-0.2, 0) is 11.3 Å². The fourth-order valence-electron chi connectivity index (χ4n) is 2.57. The van der Waals surface area contributed by atoms with Gasteiger partial charge < -0.3 is 4.90 Å². The minimum Gasteiger partial charge on any atom is -0.367 e. The van der Waals surface area contributed by atoms with Crippen molar-refractivity contribution in [3.8, 4) is 0 Å². The van der Waals surface area contributed by atoms with Crippen molar-refractivity contribution in [2.75, 3.05) is 11.4 Å². The molecule has 4 heteroatoms. The molecule has 124 valence electrons. The topological polar surface area (TPSA) is 44.7 Å². The molecule has 0 aromatic heterocycles. The maximum atomic E-state index is 11.5. The van der Waals surface area contributed by atoms with E-state index in [0.717, 1.165) is 31.5 Å². The number of rotatable bonds is 7. The van der Waals surface area contributed by atoms with Crippen LogP contribution in [0, 0.1) is 5.92 Å². The van der Waals surface area contributed by atoms with Gasteiger partial charge >= 0.3 is 0 Å². The van der Waals surface area contributed by atoms with Gasteiger partial charge in [0.05, 0.1) is 6.21 Å². The predicted molar refractivity (Wildman–Crippen MR) is 98.1 cm³/mol. The molecule has 0 spiro atoms. The van der Waals surface area contributed by atoms with Gasteiger partial charge in [0.2, 0.25) is 5.91 Å². The van der Waals surface area contributed by atoms with E-state index in [1.54, 1.807) is 6.21 Å². The van der Waals surface area contributed by atoms with Crippen molar-refractivity contribution in [2.45, 2.75) is 26.3 Å². The van der Waals surface area contributed by atoms with Crippen LogP contribution in [0.4, 0.5) is 5.69 Å². The van der Waals surface area contributed by atoms with E-state index in [-0.39, 0.29) is 11.8 Å². The van der Waals surface area contributed by atoms with Gasteiger partial charge in [-0.2, -0.15) is 5.10 Å². The van der Waals surface area contributed by atoms with Gasteiger partial charge in [-0.05, 0) is 43.0 Å². The standard InChI is InChI=1S/C20H23N3O/c1-2-23(15-17-6-4-3-5-7-17)19-12-8-16(9-13-19)14-21-22-20(24)18-10-11-18/h3-9,12-14,18H,2,10-11,15H2,1H3,(H,22,24)/b21-14+. The van der Waals surface area contributed by atoms with Crippen LogP contribution in [0.5, 0.6) is 0 Å². The number of anilines is 1. The summed E-state index contributed by atoms with van der Waals surface area (Å²) in [4.78, 5) is 13.8. The van der Waals surface area contributed by atoms with Gasteiger partial charge in [-0.3, -0.25) is 4.79 Å². The smallest absolute Gasteiger partial charge is 0.243 e. The Morgan fingerprint density at radius 3 is 2.50 bits per heavy atom. The lowest BCUT2D eigenvalue weighted by Crippen LogP contribution is -2.21. The molecule has 3 rings (SSSR count). The molecule has 0 heterocycles. The third kappa shape index (κ3) is 4.44. The molecule has 4 nitrogen and oxygen atoms in total. The fourth-order valence-corrected chi connectivity index (χ4v) is 2.57. The third-order valence-corrected chi connectivity index (χ3v) is 4.19. The summed E-state index contributed by atoms with van der Waals surface area (Å²) in [5, 5.41) is 4.03. The lowest BCUT2D eigenvalue weighted by atomic mass is 10.1. The van der Waals surface area contributed by atoms with Crippen molar-refractivity contribution >= 4 is 17.8 Å². The van der Waals surface area contributed by atoms with E-state index < -0.39 is 0 Å². The molecule has 1 fully saturated rings. The first-order chi connectivity index (χ1) is 11.8. The summed E-state index contributed by atoms with van der Waals surface area (Å²) in [5.74, 6) is 0.212. The Morgan fingerprint density at radius 2 is 1.88 bits per heavy atom. The van der Waals surface area contributed by atoms with E-state index in [4.69, 9.17) is 0 Å². The summed E-state index contributed by atoms with van der Waals surface area (Å²) >= 11 is 0. The van der Waals surface area contributed by atoms with E-state index in [9.17, 15) is 4.79 Å². The van der Waals surface area contributed by atoms with Crippen molar-refractivity contribution in [3.63, 3.8) is 0 Å². The monoisotopic (exact) mass is 321 g/mol. The van der Waals surface area contributed by atoms with Crippen molar-refractivity contribution in [3.05, 3.63) is 65.7 Å². The summed E-state index contributed by atoms with van der Waals surface area (Å²) in [5.41, 5.74) is 6.05. The summed E-state index contributed by atoms with van der Waals surface area (Å²) in [6.45, 7) is 3.99. The van der Waals surface area contributed by atoms with Gasteiger partial charge in [-0.25, -0.2) is 5.43 Å². The van der Waals surface area contributed by atoms with E-state index in [0.29, 0.717) is 0 Å². The van der Waals surface area contributed by atoms with E-state index >= 15 is 0 Å². The Labute approximate surface area is 143 Å². The van der Waals surface area contributed by atoms with Crippen LogP contribution in [0.2, 0.25) is 0 Å². The Kier molecular flexibility index (Phi) is 5.26. The van der Waals surface area contributed by atoms with E-state index in [2.05, 4.69) is 58.7 Å². The molecule has 0 unspecified atom stereocenters. The molecule has 0 atom stereocenters. The van der Waals surface area contributed by atoms with Crippen molar-refractivity contribution in [1.82, 2.24) is 5.43 Å². The lowest BCUT2D eigenvalue weighted by molar-refractivity contribution is -0.122. The Morgan fingerprint density at radius 1 is 1.17 bits per heavy atom. The molecule has 1 saturated carbocycles. The molecule has 1 amide bonds. The molecule has 1 aliphatic carbocycles. The summed E-state index contributed by atoms with van der Waals surface area (Å²) < 4.78 is 0. The van der Waals surface area contributed by atoms with Crippen LogP contribution in [0.15, 0.2) is 59.7 Å². The molecule has 1 aliphatic rings. The second kappa shape index (κ2) is 7.77. The summed E-state index contributed by atoms with van der Waals surface area (Å²) in [7, 11) is 0. The highest BCUT2D eigenvalue weighted by Gasteiger charge is 2.29. The first-order valence-electron chi connectivity index (χ1n) is 8.48. The number of nitrogens with zero attached hydrogens (tertiary/aromatic N) is 2. The highest BCUT2D eigenvalue weighted by molar-refractivity contribution is 5.84. The molecule has 24 heavy (non-hydrogen) atoms. The number of nitrogens with one attached hydrogen (secondary N) is 1. The van der Waals surface area contributed by atoms with Gasteiger partial charge in [0.15, 0.2) is 0 Å². The SMILES string of the molecule is CCN(Cc1ccccc1)c1ccc(/C=N/NC(=O)C2CC2)cc1. The van der Waals surface area contributed by atoms with Crippen LogP contribution in [-0.4, -0.2) is 18.7 Å². The summed E-state index contributed by atoms with van der Waals surface area (Å²) in [6, 6.07) is 18.7. The highest BCUT2D eigenvalue weighted by atomic mass is 16.2. The van der Waals surface area contributed by atoms with Crippen molar-refractivity contribution < 1.29 is 4.79 Å². The van der Waals surface area contributed by atoms with Crippen LogP contribution < -0.4 is 10.3 Å². The molecule has 2 aromatic rings. The fraction of sp³-hybridized carbons (Fsp3) is 0.300. The normalized spacial score (nSPS) is 13.9. The number of hydrogen-bond acceptors (Lipinski definition) is 3. The maximum absolute atomic E-state index is 11.5. The average Bonchev–Trinajstić information content (AvgIpc) is 3.46. The predicted octanol–water partition coefficient (Wildman–Crippen LogP) is 3.57. The molecular formula is C20H23N3O. The zero-order valence-electron chi connectivity index (χ0n) is 14.0. The zero-order valence-corrected chi connectivity index (χ0v) is 14.0. The number of benzene rings is 2. The minimum atomic E-state index is 0.0305. The van der Waals surface area contributed by atoms with Gasteiger partial charge in [0.25, 0.3) is 0 Å². The number of hydrazone groups is 1. The largest absolute Gasteiger partial charge is 0.367 e. The average molecular weight is 321 g/mol. The van der Waals surface area contributed by atoms with Crippen LogP contribution in [0.1, 0.15) is 30.9 Å². The van der Waals surface area contributed by atoms with Crippen LogP contribution in [0.3, 0.4) is 0 Å². The molecular weight excluding hydrogens is 298 g/mol. The molecule has 2 aromatic carbocycles.